The fourth-order valence-corrected chi connectivity index (χ4v) is 9.68. The van der Waals surface area contributed by atoms with Gasteiger partial charge in [-0.15, -0.1) is 0 Å². The molecule has 1 fully saturated rings. The Labute approximate surface area is 343 Å². The molecule has 2 heterocycles. The van der Waals surface area contributed by atoms with Crippen LogP contribution in [0.1, 0.15) is 66.4 Å². The lowest BCUT2D eigenvalue weighted by Crippen LogP contribution is -2.34. The number of phosphoric acid groups is 3. The first-order chi connectivity index (χ1) is 27.8. The van der Waals surface area contributed by atoms with Gasteiger partial charge in [-0.05, 0) is 37.1 Å². The first-order valence-electron chi connectivity index (χ1n) is 17.2. The van der Waals surface area contributed by atoms with E-state index in [0.717, 1.165) is 23.1 Å². The molecule has 1 aromatic carbocycles. The van der Waals surface area contributed by atoms with Gasteiger partial charge in [0.2, 0.25) is 5.91 Å². The molecular formula is C30H42N7O17P3S2. The highest BCUT2D eigenvalue weighted by Gasteiger charge is 2.44. The number of hydrogen-bond acceptors (Lipinski definition) is 17. The largest absolute Gasteiger partial charge is 0.490 e. The van der Waals surface area contributed by atoms with E-state index in [1.165, 1.54) is 25.1 Å². The molecule has 29 heteroatoms. The summed E-state index contributed by atoms with van der Waals surface area (Å²) >= 11 is 0. The molecule has 0 aliphatic carbocycles. The van der Waals surface area contributed by atoms with E-state index in [0.29, 0.717) is 25.4 Å². The number of amides is 1. The molecule has 1 aliphatic rings. The summed E-state index contributed by atoms with van der Waals surface area (Å²) in [6.45, 7) is 1.70. The molecule has 0 saturated carbocycles. The number of carbonyl (C=O) groups is 2. The Kier molecular flexibility index (Phi) is 20.6. The summed E-state index contributed by atoms with van der Waals surface area (Å²) in [7, 11) is -12.1. The Hall–Kier alpha value is -3.30. The number of H-pyrrole nitrogens is 1. The minimum atomic E-state index is -5.89. The summed E-state index contributed by atoms with van der Waals surface area (Å²) in [4.78, 5) is 93.2. The third-order valence-corrected chi connectivity index (χ3v) is 13.5. The second kappa shape index (κ2) is 24.2. The molecule has 0 radical (unpaired) electrons. The average Bonchev–Trinajstić information content (AvgIpc) is 3.54. The van der Waals surface area contributed by atoms with Crippen LogP contribution in [-0.4, -0.2) is 98.3 Å². The van der Waals surface area contributed by atoms with Crippen LogP contribution < -0.4 is 21.9 Å². The van der Waals surface area contributed by atoms with E-state index in [1.807, 2.05) is 7.05 Å². The molecule has 59 heavy (non-hydrogen) atoms. The quantitative estimate of drug-likeness (QED) is 0.00915. The number of esters is 1. The Morgan fingerprint density at radius 2 is 1.88 bits per heavy atom. The van der Waals surface area contributed by atoms with Gasteiger partial charge in [0.25, 0.3) is 5.56 Å². The van der Waals surface area contributed by atoms with Gasteiger partial charge in [-0.25, -0.2) is 23.3 Å². The normalized spacial score (nSPS) is 19.0. The molecule has 326 valence electrons. The Morgan fingerprint density at radius 3 is 2.59 bits per heavy atom. The smallest absolute Gasteiger partial charge is 0.456 e. The Balaban J connectivity index is 1.73. The van der Waals surface area contributed by atoms with E-state index in [1.54, 1.807) is 27.7 Å². The van der Waals surface area contributed by atoms with Crippen LogP contribution in [0.3, 0.4) is 0 Å². The monoisotopic (exact) mass is 929 g/mol. The van der Waals surface area contributed by atoms with E-state index in [4.69, 9.17) is 34.1 Å². The van der Waals surface area contributed by atoms with Crippen LogP contribution in [-0.2, 0) is 45.8 Å². The van der Waals surface area contributed by atoms with Crippen molar-refractivity contribution in [3.8, 4) is 11.8 Å². The van der Waals surface area contributed by atoms with Crippen molar-refractivity contribution in [3.05, 3.63) is 78.4 Å². The third kappa shape index (κ3) is 18.1. The molecule has 1 saturated heterocycles. The minimum Gasteiger partial charge on any atom is -0.456 e. The number of hydrogen-bond donors (Lipinski definition) is 7. The number of unbranched alkanes of at least 4 members (excludes halogenated alkanes) is 1. The van der Waals surface area contributed by atoms with Gasteiger partial charge in [-0.3, -0.25) is 23.7 Å². The van der Waals surface area contributed by atoms with E-state index < -0.39 is 71.8 Å². The number of nitrogens with zero attached hydrogens (tertiary/aromatic N) is 4. The van der Waals surface area contributed by atoms with E-state index in [2.05, 4.69) is 46.1 Å². The predicted molar refractivity (Wildman–Crippen MR) is 211 cm³/mol. The second-order valence-corrected chi connectivity index (χ2v) is 18.9. The molecule has 1 amide bonds. The van der Waals surface area contributed by atoms with Crippen molar-refractivity contribution < 1.29 is 70.2 Å². The van der Waals surface area contributed by atoms with Crippen molar-refractivity contribution >= 4 is 56.9 Å². The van der Waals surface area contributed by atoms with Gasteiger partial charge in [0.15, 0.2) is 0 Å². The highest BCUT2D eigenvalue weighted by molar-refractivity contribution is 8.76. The first-order valence-corrected chi connectivity index (χ1v) is 24.2. The SMILES string of the molecule is CNCCSSCOCCCCC(=O)NCC#Cc1cn([C@H]2CC(OC(=O)c3ccccc3C(C)N=[N+]=[N-])[C@@H](COP(=O)(O)OP(=O)(O)OP(=O)(O)O)O2)c(=O)[nH]c1=O. The number of phosphoric ester groups is 1. The maximum absolute atomic E-state index is 13.4. The molecule has 0 spiro atoms. The third-order valence-electron chi connectivity index (χ3n) is 7.58. The molecule has 0 bridgehead atoms. The fourth-order valence-electron chi connectivity index (χ4n) is 4.98. The maximum atomic E-state index is 13.4. The number of ether oxygens (including phenoxy) is 3. The van der Waals surface area contributed by atoms with Gasteiger partial charge in [0.1, 0.15) is 29.9 Å². The number of aromatic nitrogens is 2. The summed E-state index contributed by atoms with van der Waals surface area (Å²) in [5, 5.41) is 9.24. The standard InChI is InChI=1S/C30H42N7O17P3S2/c1-20(35-36-31)22-9-3-4-10-23(22)29(40)52-24-16-27(51-25(24)18-50-56(45,46)54-57(47,48)53-55(42,43)44)37-17-21(28(39)34-30(37)41)8-7-12-33-26(38)11-5-6-14-49-19-59-58-15-13-32-2/h3-4,9-10,17,20,24-25,27,32H,5-6,11-16,18-19H2,1-2H3,(H,33,38)(H,45,46)(H,47,48)(H,34,39,41)(H2,42,43,44)/t20?,24?,25-,27-/m1/s1. The first kappa shape index (κ1) is 50.1. The van der Waals surface area contributed by atoms with Gasteiger partial charge < -0.3 is 44.4 Å². The lowest BCUT2D eigenvalue weighted by atomic mass is 10.0. The zero-order valence-corrected chi connectivity index (χ0v) is 35.6. The minimum absolute atomic E-state index is 0.0532. The molecule has 4 unspecified atom stereocenters. The molecule has 3 rings (SSSR count). The Morgan fingerprint density at radius 1 is 1.14 bits per heavy atom. The maximum Gasteiger partial charge on any atom is 0.490 e. The topological polar surface area (TPSA) is 349 Å². The van der Waals surface area contributed by atoms with E-state index in [-0.39, 0.29) is 42.0 Å². The van der Waals surface area contributed by atoms with Crippen molar-refractivity contribution in [2.75, 3.05) is 45.0 Å². The highest BCUT2D eigenvalue weighted by Crippen LogP contribution is 2.66. The number of benzene rings is 1. The van der Waals surface area contributed by atoms with Crippen molar-refractivity contribution in [2.24, 2.45) is 5.11 Å². The average molecular weight is 930 g/mol. The number of carbonyl (C=O) groups excluding carboxylic acids is 2. The molecule has 2 aromatic rings. The predicted octanol–water partition coefficient (Wildman–Crippen LogP) is 2.98. The summed E-state index contributed by atoms with van der Waals surface area (Å²) in [6.07, 6.45) is -2.26. The molecule has 6 atom stereocenters. The Bertz CT molecular complexity index is 2140. The zero-order chi connectivity index (χ0) is 43.6. The molecule has 1 aromatic heterocycles. The zero-order valence-electron chi connectivity index (χ0n) is 31.3. The summed E-state index contributed by atoms with van der Waals surface area (Å²) in [6, 6.07) is 5.08. The van der Waals surface area contributed by atoms with Crippen LogP contribution in [0.5, 0.6) is 0 Å². The second-order valence-electron chi connectivity index (χ2n) is 12.0. The molecule has 7 N–H and O–H groups in total. The van der Waals surface area contributed by atoms with E-state index >= 15 is 0 Å². The highest BCUT2D eigenvalue weighted by atomic mass is 33.1. The fraction of sp³-hybridized carbons (Fsp3) is 0.533. The number of rotatable bonds is 24. The van der Waals surface area contributed by atoms with Crippen LogP contribution >= 0.6 is 45.1 Å². The molecule has 24 nitrogen and oxygen atoms in total. The van der Waals surface area contributed by atoms with Crippen molar-refractivity contribution in [3.63, 3.8) is 0 Å². The van der Waals surface area contributed by atoms with Gasteiger partial charge in [0, 0.05) is 42.9 Å². The number of aromatic amines is 1. The van der Waals surface area contributed by atoms with Crippen molar-refractivity contribution in [1.29, 1.82) is 0 Å². The van der Waals surface area contributed by atoms with Gasteiger partial charge in [-0.2, -0.15) is 8.62 Å². The molecule has 1 aliphatic heterocycles. The van der Waals surface area contributed by atoms with Crippen molar-refractivity contribution in [1.82, 2.24) is 20.2 Å². The lowest BCUT2D eigenvalue weighted by molar-refractivity contribution is -0.121. The summed E-state index contributed by atoms with van der Waals surface area (Å²) < 4.78 is 65.4. The molecular weight excluding hydrogens is 887 g/mol. The summed E-state index contributed by atoms with van der Waals surface area (Å²) in [5.41, 5.74) is 6.96. The van der Waals surface area contributed by atoms with Crippen LogP contribution in [0.4, 0.5) is 0 Å². The summed E-state index contributed by atoms with van der Waals surface area (Å²) in [5.74, 6) is 5.38. The number of azide groups is 1. The van der Waals surface area contributed by atoms with Crippen LogP contribution in [0, 0.1) is 11.8 Å². The van der Waals surface area contributed by atoms with Crippen molar-refractivity contribution in [2.45, 2.75) is 57.1 Å². The van der Waals surface area contributed by atoms with Crippen LogP contribution in [0.15, 0.2) is 45.2 Å². The van der Waals surface area contributed by atoms with Gasteiger partial charge in [-0.1, -0.05) is 63.7 Å². The van der Waals surface area contributed by atoms with Gasteiger partial charge in [0.05, 0.1) is 24.8 Å². The van der Waals surface area contributed by atoms with E-state index in [9.17, 15) is 42.7 Å². The van der Waals surface area contributed by atoms with Crippen LogP contribution in [0.2, 0.25) is 0 Å². The lowest BCUT2D eigenvalue weighted by Gasteiger charge is -2.21. The number of nitrogens with one attached hydrogen (secondary N) is 3. The van der Waals surface area contributed by atoms with Gasteiger partial charge >= 0.3 is 35.1 Å². The van der Waals surface area contributed by atoms with Crippen LogP contribution in [0.25, 0.3) is 10.4 Å².